The van der Waals surface area contributed by atoms with Gasteiger partial charge in [-0.05, 0) is 89.0 Å². The molecule has 0 aliphatic carbocycles. The van der Waals surface area contributed by atoms with E-state index < -0.39 is 30.4 Å². The fraction of sp³-hybridized carbons (Fsp3) is 0. The van der Waals surface area contributed by atoms with E-state index >= 15 is 0 Å². The van der Waals surface area contributed by atoms with Crippen molar-refractivity contribution in [3.8, 4) is 17.2 Å². The monoisotopic (exact) mass is 818 g/mol. The molecule has 0 atom stereocenters. The fourth-order valence-electron chi connectivity index (χ4n) is 4.69. The van der Waals surface area contributed by atoms with Crippen molar-refractivity contribution in [1.82, 2.24) is 0 Å². The maximum Gasteiger partial charge on any atom is 0.302 e. The summed E-state index contributed by atoms with van der Waals surface area (Å²) in [5.74, 6) is -0.689. The number of rotatable bonds is 6. The SMILES string of the molecule is O=[NH+]c1c(O)ccc2cc(S(=O)(=O)O)ccc12.O=[NH+]c1c(O)ccc2cc(S(=O)(=O)O)ccc12.O=[NH+]c1c(O)ccc2cc(S(=O)(=O)O)ccc12.[Fe]. The van der Waals surface area contributed by atoms with E-state index in [0.717, 1.165) is 18.2 Å². The Labute approximate surface area is 303 Å². The number of nitrogens with one attached hydrogen (secondary N) is 3. The summed E-state index contributed by atoms with van der Waals surface area (Å²) in [7, 11) is -12.9. The molecule has 0 fully saturated rings. The first-order chi connectivity index (χ1) is 23.8. The molecule has 0 aliphatic rings. The molecule has 52 heavy (non-hydrogen) atoms. The third-order valence-electron chi connectivity index (χ3n) is 7.11. The number of phenols is 3. The molecule has 0 bridgehead atoms. The second-order valence-electron chi connectivity index (χ2n) is 10.3. The molecule has 0 radical (unpaired) electrons. The van der Waals surface area contributed by atoms with Gasteiger partial charge in [-0.15, -0.1) is 0 Å². The Kier molecular flexibility index (Phi) is 12.5. The standard InChI is InChI=1S/3C10H7NO5S.Fe/c3*12-9-4-1-6-5-7(17(14,15)16)2-3-8(6)10(9)11-13;/h3*1-5,12H,(H,14,15,16);/p+3. The Hall–Kier alpha value is -5.45. The van der Waals surface area contributed by atoms with E-state index in [-0.39, 0.29) is 66.1 Å². The van der Waals surface area contributed by atoms with Crippen LogP contribution in [0.3, 0.4) is 0 Å². The van der Waals surface area contributed by atoms with Crippen LogP contribution in [0.4, 0.5) is 17.1 Å². The molecule has 0 unspecified atom stereocenters. The van der Waals surface area contributed by atoms with Crippen molar-refractivity contribution < 1.29 is 86.8 Å². The summed E-state index contributed by atoms with van der Waals surface area (Å²) >= 11 is 0. The molecule has 18 nitrogen and oxygen atoms in total. The molecule has 6 rings (SSSR count). The minimum atomic E-state index is -4.29. The average Bonchev–Trinajstić information content (AvgIpc) is 3.07. The maximum atomic E-state index is 10.9. The number of phenolic OH excluding ortho intramolecular Hbond substituents is 3. The number of hydrogen-bond acceptors (Lipinski definition) is 12. The van der Waals surface area contributed by atoms with Gasteiger partial charge in [0, 0.05) is 47.3 Å². The van der Waals surface area contributed by atoms with E-state index in [1.807, 2.05) is 0 Å². The van der Waals surface area contributed by atoms with Crippen LogP contribution in [0.15, 0.2) is 106 Å². The first-order valence-electron chi connectivity index (χ1n) is 13.6. The van der Waals surface area contributed by atoms with Crippen LogP contribution in [-0.2, 0) is 47.4 Å². The predicted octanol–water partition coefficient (Wildman–Crippen LogP) is 0.809. The molecule has 0 saturated carbocycles. The van der Waals surface area contributed by atoms with Gasteiger partial charge in [-0.1, -0.05) is 18.2 Å². The molecule has 9 N–H and O–H groups in total. The van der Waals surface area contributed by atoms with Gasteiger partial charge in [0.15, 0.2) is 17.2 Å². The Morgan fingerprint density at radius 3 is 0.808 bits per heavy atom. The maximum absolute atomic E-state index is 10.9. The molecular weight excluding hydrogens is 794 g/mol. The third kappa shape index (κ3) is 9.06. The van der Waals surface area contributed by atoms with Crippen molar-refractivity contribution in [3.05, 3.63) is 106 Å². The molecule has 0 heterocycles. The fourth-order valence-corrected chi connectivity index (χ4v) is 6.24. The van der Waals surface area contributed by atoms with Crippen LogP contribution in [0.2, 0.25) is 0 Å². The minimum absolute atomic E-state index is 0. The van der Waals surface area contributed by atoms with Crippen LogP contribution >= 0.6 is 0 Å². The van der Waals surface area contributed by atoms with Crippen LogP contribution < -0.4 is 15.5 Å². The summed E-state index contributed by atoms with van der Waals surface area (Å²) in [4.78, 5) is 31.2. The van der Waals surface area contributed by atoms with Crippen molar-refractivity contribution >= 4 is 79.7 Å². The zero-order valence-corrected chi connectivity index (χ0v) is 29.1. The van der Waals surface area contributed by atoms with E-state index in [4.69, 9.17) is 13.7 Å². The van der Waals surface area contributed by atoms with Crippen LogP contribution in [0.1, 0.15) is 0 Å². The van der Waals surface area contributed by atoms with Crippen LogP contribution in [0.5, 0.6) is 17.2 Å². The van der Waals surface area contributed by atoms with Gasteiger partial charge >= 0.3 is 17.1 Å². The normalized spacial score (nSPS) is 11.4. The van der Waals surface area contributed by atoms with E-state index in [0.29, 0.717) is 32.3 Å². The molecule has 272 valence electrons. The number of nitroso groups, excluding NO2 is 3. The van der Waals surface area contributed by atoms with Crippen molar-refractivity contribution in [2.75, 3.05) is 0 Å². The number of hydrogen-bond donors (Lipinski definition) is 9. The smallest absolute Gasteiger partial charge is 0.302 e. The molecule has 0 spiro atoms. The predicted molar refractivity (Wildman–Crippen MR) is 178 cm³/mol. The summed E-state index contributed by atoms with van der Waals surface area (Å²) in [6.45, 7) is 0. The van der Waals surface area contributed by atoms with Crippen LogP contribution in [0, 0.1) is 14.7 Å². The Morgan fingerprint density at radius 1 is 0.385 bits per heavy atom. The second kappa shape index (κ2) is 15.8. The van der Waals surface area contributed by atoms with Crippen molar-refractivity contribution in [3.63, 3.8) is 0 Å². The van der Waals surface area contributed by atoms with Crippen molar-refractivity contribution in [2.24, 2.45) is 0 Å². The van der Waals surface area contributed by atoms with Gasteiger partial charge in [0.2, 0.25) is 0 Å². The van der Waals surface area contributed by atoms with Gasteiger partial charge in [-0.3, -0.25) is 13.7 Å². The zero-order valence-electron chi connectivity index (χ0n) is 25.6. The molecule has 6 aromatic rings. The van der Waals surface area contributed by atoms with Gasteiger partial charge in [-0.2, -0.15) is 25.3 Å². The van der Waals surface area contributed by atoms with Crippen molar-refractivity contribution in [1.29, 1.82) is 0 Å². The van der Waals surface area contributed by atoms with E-state index in [9.17, 15) is 55.3 Å². The number of aromatic hydroxyl groups is 3. The van der Waals surface area contributed by atoms with Gasteiger partial charge in [-0.25, -0.2) is 0 Å². The number of benzene rings is 6. The molecule has 0 aromatic heterocycles. The van der Waals surface area contributed by atoms with Crippen LogP contribution in [0.25, 0.3) is 32.3 Å². The summed E-state index contributed by atoms with van der Waals surface area (Å²) in [5, 5.41) is 35.3. The quantitative estimate of drug-likeness (QED) is 0.0638. The molecule has 0 saturated heterocycles. The van der Waals surface area contributed by atoms with Gasteiger partial charge < -0.3 is 15.3 Å². The largest absolute Gasteiger partial charge is 0.502 e. The Bertz CT molecular complexity index is 2430. The molecular formula is C30H24FeN3O15S3+3. The van der Waals surface area contributed by atoms with E-state index in [1.54, 1.807) is 15.5 Å². The van der Waals surface area contributed by atoms with E-state index in [1.165, 1.54) is 72.8 Å². The minimum Gasteiger partial charge on any atom is -0.502 e. The first kappa shape index (κ1) is 41.0. The van der Waals surface area contributed by atoms with Gasteiger partial charge in [0.05, 0.1) is 30.8 Å². The summed E-state index contributed by atoms with van der Waals surface area (Å²) in [6, 6.07) is 19.2. The second-order valence-corrected chi connectivity index (χ2v) is 14.5. The summed E-state index contributed by atoms with van der Waals surface area (Å²) < 4.78 is 92.2. The Morgan fingerprint density at radius 2 is 0.615 bits per heavy atom. The zero-order chi connectivity index (χ0) is 37.9. The summed E-state index contributed by atoms with van der Waals surface area (Å²) in [5.41, 5.74) is -0.113. The van der Waals surface area contributed by atoms with Gasteiger partial charge in [0.25, 0.3) is 30.4 Å². The topological polar surface area (TPSA) is 317 Å². The molecule has 0 amide bonds. The molecule has 6 aromatic carbocycles. The molecule has 22 heteroatoms. The summed E-state index contributed by atoms with van der Waals surface area (Å²) in [6.07, 6.45) is 0. The van der Waals surface area contributed by atoms with Crippen LogP contribution in [-0.4, -0.2) is 54.2 Å². The molecule has 0 aliphatic heterocycles. The van der Waals surface area contributed by atoms with Crippen molar-refractivity contribution in [2.45, 2.75) is 14.7 Å². The van der Waals surface area contributed by atoms with E-state index in [2.05, 4.69) is 0 Å². The average molecular weight is 819 g/mol. The third-order valence-corrected chi connectivity index (χ3v) is 9.66. The van der Waals surface area contributed by atoms with Gasteiger partial charge in [0.1, 0.15) is 0 Å². The number of fused-ring (bicyclic) bond motifs is 3. The Balaban J connectivity index is 0.000000208. The first-order valence-corrected chi connectivity index (χ1v) is 18.0.